The first-order chi connectivity index (χ1) is 13.0. The van der Waals surface area contributed by atoms with E-state index in [9.17, 15) is 14.0 Å². The molecule has 3 aromatic carbocycles. The van der Waals surface area contributed by atoms with Crippen LogP contribution in [-0.2, 0) is 0 Å². The van der Waals surface area contributed by atoms with E-state index in [2.05, 4.69) is 0 Å². The standard InChI is InChI=1S/C23H17FO3/c1-16-4-2-3-5-21(16)23(26)27-20-13-9-18(10-14-20)22(25)15-8-17-6-11-19(24)12-7-17/h2-15H,1H3. The zero-order valence-electron chi connectivity index (χ0n) is 14.7. The molecule has 0 aliphatic carbocycles. The van der Waals surface area contributed by atoms with Crippen LogP contribution >= 0.6 is 0 Å². The van der Waals surface area contributed by atoms with Crippen molar-refractivity contribution in [3.05, 3.63) is 107 Å². The molecule has 0 heterocycles. The molecule has 3 aromatic rings. The van der Waals surface area contributed by atoms with E-state index in [4.69, 9.17) is 4.74 Å². The fourth-order valence-electron chi connectivity index (χ4n) is 2.49. The van der Waals surface area contributed by atoms with E-state index in [0.717, 1.165) is 11.1 Å². The van der Waals surface area contributed by atoms with Gasteiger partial charge in [0.1, 0.15) is 11.6 Å². The summed E-state index contributed by atoms with van der Waals surface area (Å²) in [6, 6.07) is 19.4. The second-order valence-electron chi connectivity index (χ2n) is 5.98. The van der Waals surface area contributed by atoms with Gasteiger partial charge in [-0.25, -0.2) is 9.18 Å². The van der Waals surface area contributed by atoms with E-state index >= 15 is 0 Å². The third-order valence-corrected chi connectivity index (χ3v) is 4.01. The number of esters is 1. The smallest absolute Gasteiger partial charge is 0.343 e. The Morgan fingerprint density at radius 2 is 1.56 bits per heavy atom. The number of ether oxygens (including phenoxy) is 1. The lowest BCUT2D eigenvalue weighted by Gasteiger charge is -2.07. The normalized spacial score (nSPS) is 10.7. The third kappa shape index (κ3) is 4.76. The minimum absolute atomic E-state index is 0.198. The monoisotopic (exact) mass is 360 g/mol. The number of hydrogen-bond acceptors (Lipinski definition) is 3. The van der Waals surface area contributed by atoms with Crippen molar-refractivity contribution in [2.75, 3.05) is 0 Å². The van der Waals surface area contributed by atoms with E-state index in [1.807, 2.05) is 19.1 Å². The van der Waals surface area contributed by atoms with Crippen LogP contribution in [0.2, 0.25) is 0 Å². The average molecular weight is 360 g/mol. The molecule has 0 N–H and O–H groups in total. The van der Waals surface area contributed by atoms with Gasteiger partial charge in [-0.1, -0.05) is 36.4 Å². The fraction of sp³-hybridized carbons (Fsp3) is 0.0435. The first-order valence-corrected chi connectivity index (χ1v) is 8.39. The number of allylic oxidation sites excluding steroid dienone is 1. The van der Waals surface area contributed by atoms with E-state index in [0.29, 0.717) is 16.9 Å². The van der Waals surface area contributed by atoms with E-state index < -0.39 is 5.97 Å². The topological polar surface area (TPSA) is 43.4 Å². The van der Waals surface area contributed by atoms with Crippen LogP contribution in [0.4, 0.5) is 4.39 Å². The Hall–Kier alpha value is -3.53. The summed E-state index contributed by atoms with van der Waals surface area (Å²) in [5.74, 6) is -0.601. The Bertz CT molecular complexity index is 987. The molecular formula is C23H17FO3. The third-order valence-electron chi connectivity index (χ3n) is 4.01. The number of halogens is 1. The lowest BCUT2D eigenvalue weighted by atomic mass is 10.1. The highest BCUT2D eigenvalue weighted by Crippen LogP contribution is 2.17. The summed E-state index contributed by atoms with van der Waals surface area (Å²) in [6.45, 7) is 1.84. The van der Waals surface area contributed by atoms with Crippen LogP contribution in [0.5, 0.6) is 5.75 Å². The first kappa shape index (κ1) is 18.3. The van der Waals surface area contributed by atoms with Crippen molar-refractivity contribution in [1.29, 1.82) is 0 Å². The Kier molecular flexibility index (Phi) is 5.57. The Balaban J connectivity index is 1.66. The highest BCUT2D eigenvalue weighted by molar-refractivity contribution is 6.06. The predicted molar refractivity (Wildman–Crippen MR) is 102 cm³/mol. The van der Waals surface area contributed by atoms with E-state index in [1.165, 1.54) is 18.2 Å². The van der Waals surface area contributed by atoms with Crippen LogP contribution < -0.4 is 4.74 Å². The van der Waals surface area contributed by atoms with Crippen molar-refractivity contribution in [2.24, 2.45) is 0 Å². The average Bonchev–Trinajstić information content (AvgIpc) is 2.68. The first-order valence-electron chi connectivity index (χ1n) is 8.39. The molecule has 3 nitrogen and oxygen atoms in total. The molecule has 0 amide bonds. The van der Waals surface area contributed by atoms with Gasteiger partial charge in [-0.15, -0.1) is 0 Å². The largest absolute Gasteiger partial charge is 0.423 e. The molecular weight excluding hydrogens is 343 g/mol. The number of hydrogen-bond donors (Lipinski definition) is 0. The zero-order chi connectivity index (χ0) is 19.2. The molecule has 0 aliphatic heterocycles. The fourth-order valence-corrected chi connectivity index (χ4v) is 2.49. The molecule has 0 atom stereocenters. The number of rotatable bonds is 5. The van der Waals surface area contributed by atoms with Gasteiger partial charge < -0.3 is 4.74 Å². The SMILES string of the molecule is Cc1ccccc1C(=O)Oc1ccc(C(=O)C=Cc2ccc(F)cc2)cc1. The zero-order valence-corrected chi connectivity index (χ0v) is 14.7. The Morgan fingerprint density at radius 1 is 0.889 bits per heavy atom. The van der Waals surface area contributed by atoms with Crippen LogP contribution in [0.1, 0.15) is 31.8 Å². The minimum atomic E-state index is -0.441. The van der Waals surface area contributed by atoms with Gasteiger partial charge in [0.15, 0.2) is 5.78 Å². The maximum absolute atomic E-state index is 12.9. The predicted octanol–water partition coefficient (Wildman–Crippen LogP) is 5.25. The van der Waals surface area contributed by atoms with Crippen molar-refractivity contribution in [3.63, 3.8) is 0 Å². The maximum atomic E-state index is 12.9. The molecule has 3 rings (SSSR count). The molecule has 0 bridgehead atoms. The lowest BCUT2D eigenvalue weighted by molar-refractivity contribution is 0.0734. The maximum Gasteiger partial charge on any atom is 0.343 e. The number of carbonyl (C=O) groups excluding carboxylic acids is 2. The molecule has 0 unspecified atom stereocenters. The van der Waals surface area contributed by atoms with Gasteiger partial charge in [-0.2, -0.15) is 0 Å². The van der Waals surface area contributed by atoms with Gasteiger partial charge in [0.05, 0.1) is 5.56 Å². The van der Waals surface area contributed by atoms with E-state index in [1.54, 1.807) is 54.6 Å². The van der Waals surface area contributed by atoms with Crippen molar-refractivity contribution in [2.45, 2.75) is 6.92 Å². The van der Waals surface area contributed by atoms with Crippen molar-refractivity contribution >= 4 is 17.8 Å². The molecule has 0 saturated heterocycles. The number of ketones is 1. The number of benzene rings is 3. The van der Waals surface area contributed by atoms with Crippen LogP contribution in [-0.4, -0.2) is 11.8 Å². The van der Waals surface area contributed by atoms with Gasteiger partial charge in [-0.3, -0.25) is 4.79 Å². The van der Waals surface area contributed by atoms with Gasteiger partial charge in [-0.05, 0) is 66.6 Å². The van der Waals surface area contributed by atoms with Crippen LogP contribution in [0.3, 0.4) is 0 Å². The molecule has 0 spiro atoms. The highest BCUT2D eigenvalue weighted by Gasteiger charge is 2.11. The molecule has 4 heteroatoms. The molecule has 0 aromatic heterocycles. The molecule has 0 aliphatic rings. The van der Waals surface area contributed by atoms with Crippen LogP contribution in [0, 0.1) is 12.7 Å². The van der Waals surface area contributed by atoms with Crippen molar-refractivity contribution in [3.8, 4) is 5.75 Å². The Morgan fingerprint density at radius 3 is 2.22 bits per heavy atom. The second-order valence-corrected chi connectivity index (χ2v) is 5.98. The van der Waals surface area contributed by atoms with E-state index in [-0.39, 0.29) is 11.6 Å². The summed E-state index contributed by atoms with van der Waals surface area (Å²) in [5, 5.41) is 0. The minimum Gasteiger partial charge on any atom is -0.423 e. The summed E-state index contributed by atoms with van der Waals surface area (Å²) < 4.78 is 18.2. The molecule has 0 radical (unpaired) electrons. The van der Waals surface area contributed by atoms with Crippen molar-refractivity contribution < 1.29 is 18.7 Å². The molecule has 0 saturated carbocycles. The van der Waals surface area contributed by atoms with Crippen LogP contribution in [0.15, 0.2) is 78.9 Å². The second kappa shape index (κ2) is 8.23. The Labute approximate surface area is 156 Å². The van der Waals surface area contributed by atoms with Crippen molar-refractivity contribution in [1.82, 2.24) is 0 Å². The number of aryl methyl sites for hydroxylation is 1. The summed E-state index contributed by atoms with van der Waals surface area (Å²) in [6.07, 6.45) is 3.04. The molecule has 27 heavy (non-hydrogen) atoms. The summed E-state index contributed by atoms with van der Waals surface area (Å²) in [5.41, 5.74) is 2.53. The summed E-state index contributed by atoms with van der Waals surface area (Å²) in [7, 11) is 0. The quantitative estimate of drug-likeness (QED) is 0.270. The summed E-state index contributed by atoms with van der Waals surface area (Å²) in [4.78, 5) is 24.4. The highest BCUT2D eigenvalue weighted by atomic mass is 19.1. The lowest BCUT2D eigenvalue weighted by Crippen LogP contribution is -2.10. The van der Waals surface area contributed by atoms with Gasteiger partial charge in [0.25, 0.3) is 0 Å². The molecule has 0 fully saturated rings. The molecule has 134 valence electrons. The van der Waals surface area contributed by atoms with Gasteiger partial charge >= 0.3 is 5.97 Å². The van der Waals surface area contributed by atoms with Gasteiger partial charge in [0, 0.05) is 5.56 Å². The summed E-state index contributed by atoms with van der Waals surface area (Å²) >= 11 is 0. The van der Waals surface area contributed by atoms with Gasteiger partial charge in [0.2, 0.25) is 0 Å². The van der Waals surface area contributed by atoms with Crippen LogP contribution in [0.25, 0.3) is 6.08 Å². The number of carbonyl (C=O) groups is 2.